The Balaban J connectivity index is 1.97. The van der Waals surface area contributed by atoms with Crippen molar-refractivity contribution in [3.8, 4) is 0 Å². The third-order valence-electron chi connectivity index (χ3n) is 5.35. The van der Waals surface area contributed by atoms with Gasteiger partial charge in [-0.1, -0.05) is 20.4 Å². The SMILES string of the molecule is C=C(CC(C)C)S(=O)(=O)c1c2c(cc3cnc(C4CC4)cc13)CCC2. The topological polar surface area (TPSA) is 47.0 Å². The zero-order chi connectivity index (χ0) is 17.8. The van der Waals surface area contributed by atoms with Crippen LogP contribution < -0.4 is 0 Å². The number of allylic oxidation sites excluding steroid dienone is 1. The van der Waals surface area contributed by atoms with Crippen molar-refractivity contribution < 1.29 is 8.42 Å². The van der Waals surface area contributed by atoms with E-state index in [2.05, 4.69) is 17.6 Å². The van der Waals surface area contributed by atoms with Crippen molar-refractivity contribution in [3.63, 3.8) is 0 Å². The highest BCUT2D eigenvalue weighted by Gasteiger charge is 2.31. The van der Waals surface area contributed by atoms with Gasteiger partial charge in [0.05, 0.1) is 4.90 Å². The lowest BCUT2D eigenvalue weighted by atomic mass is 10.0. The fourth-order valence-corrected chi connectivity index (χ4v) is 5.81. The van der Waals surface area contributed by atoms with Gasteiger partial charge in [-0.15, -0.1) is 0 Å². The molecule has 0 bridgehead atoms. The largest absolute Gasteiger partial charge is 0.260 e. The van der Waals surface area contributed by atoms with Crippen LogP contribution in [0, 0.1) is 5.92 Å². The van der Waals surface area contributed by atoms with E-state index in [-0.39, 0.29) is 5.92 Å². The molecule has 132 valence electrons. The van der Waals surface area contributed by atoms with Crippen LogP contribution in [0.5, 0.6) is 0 Å². The first-order valence-corrected chi connectivity index (χ1v) is 10.7. The Morgan fingerprint density at radius 2 is 2.04 bits per heavy atom. The Morgan fingerprint density at radius 3 is 2.72 bits per heavy atom. The zero-order valence-corrected chi connectivity index (χ0v) is 15.8. The second-order valence-corrected chi connectivity index (χ2v) is 9.93. The average molecular weight is 356 g/mol. The molecule has 1 saturated carbocycles. The van der Waals surface area contributed by atoms with Crippen LogP contribution in [0.25, 0.3) is 10.8 Å². The molecule has 1 aromatic heterocycles. The van der Waals surface area contributed by atoms with E-state index in [1.165, 1.54) is 5.56 Å². The fraction of sp³-hybridized carbons (Fsp3) is 0.476. The molecule has 1 heterocycles. The first-order chi connectivity index (χ1) is 11.9. The van der Waals surface area contributed by atoms with Gasteiger partial charge in [-0.25, -0.2) is 8.42 Å². The number of pyridine rings is 1. The van der Waals surface area contributed by atoms with Crippen LogP contribution in [0.3, 0.4) is 0 Å². The molecule has 4 heteroatoms. The van der Waals surface area contributed by atoms with Gasteiger partial charge in [0.15, 0.2) is 0 Å². The van der Waals surface area contributed by atoms with E-state index >= 15 is 0 Å². The third kappa shape index (κ3) is 2.91. The second-order valence-electron chi connectivity index (χ2n) is 7.94. The van der Waals surface area contributed by atoms with Crippen LogP contribution in [-0.4, -0.2) is 13.4 Å². The summed E-state index contributed by atoms with van der Waals surface area (Å²) >= 11 is 0. The highest BCUT2D eigenvalue weighted by atomic mass is 32.2. The molecule has 3 nitrogen and oxygen atoms in total. The maximum absolute atomic E-state index is 13.4. The minimum atomic E-state index is -3.53. The summed E-state index contributed by atoms with van der Waals surface area (Å²) in [5.41, 5.74) is 3.23. The number of aryl methyl sites for hydroxylation is 1. The molecule has 4 rings (SSSR count). The first-order valence-electron chi connectivity index (χ1n) is 9.25. The molecule has 0 radical (unpaired) electrons. The Morgan fingerprint density at radius 1 is 1.28 bits per heavy atom. The van der Waals surface area contributed by atoms with Crippen molar-refractivity contribution >= 4 is 20.6 Å². The zero-order valence-electron chi connectivity index (χ0n) is 15.0. The maximum atomic E-state index is 13.4. The standard InChI is InChI=1S/C21H25NO2S/c1-13(2)9-14(3)25(23,24)21-18-6-4-5-16(18)10-17-12-22-20(11-19(17)21)15-7-8-15/h10-13,15H,3-9H2,1-2H3. The second kappa shape index (κ2) is 5.94. The van der Waals surface area contributed by atoms with Crippen molar-refractivity contribution in [1.29, 1.82) is 0 Å². The number of hydrogen-bond donors (Lipinski definition) is 0. The molecule has 0 amide bonds. The molecule has 1 fully saturated rings. The number of rotatable bonds is 5. The predicted molar refractivity (Wildman–Crippen MR) is 102 cm³/mol. The molecule has 0 spiro atoms. The van der Waals surface area contributed by atoms with Crippen molar-refractivity contribution in [2.24, 2.45) is 5.92 Å². The molecule has 0 atom stereocenters. The summed E-state index contributed by atoms with van der Waals surface area (Å²) in [7, 11) is -3.53. The normalized spacial score (nSPS) is 17.2. The Hall–Kier alpha value is -1.68. The molecule has 0 N–H and O–H groups in total. The van der Waals surface area contributed by atoms with Gasteiger partial charge >= 0.3 is 0 Å². The number of fused-ring (bicyclic) bond motifs is 2. The van der Waals surface area contributed by atoms with E-state index in [1.54, 1.807) is 0 Å². The van der Waals surface area contributed by atoms with E-state index in [9.17, 15) is 8.42 Å². The maximum Gasteiger partial charge on any atom is 0.203 e. The summed E-state index contributed by atoms with van der Waals surface area (Å²) in [5, 5.41) is 1.79. The van der Waals surface area contributed by atoms with Gasteiger partial charge in [-0.05, 0) is 67.7 Å². The smallest absolute Gasteiger partial charge is 0.203 e. The molecule has 0 saturated heterocycles. The van der Waals surface area contributed by atoms with Gasteiger partial charge in [-0.3, -0.25) is 4.98 Å². The van der Waals surface area contributed by atoms with Crippen LogP contribution in [0.4, 0.5) is 0 Å². The summed E-state index contributed by atoms with van der Waals surface area (Å²) in [6, 6.07) is 4.17. The van der Waals surface area contributed by atoms with Gasteiger partial charge in [0.1, 0.15) is 0 Å². The minimum Gasteiger partial charge on any atom is -0.260 e. The molecular formula is C21H25NO2S. The van der Waals surface area contributed by atoms with Crippen LogP contribution in [-0.2, 0) is 22.7 Å². The summed E-state index contributed by atoms with van der Waals surface area (Å²) < 4.78 is 26.8. The Labute approximate surface area is 150 Å². The van der Waals surface area contributed by atoms with E-state index < -0.39 is 9.84 Å². The van der Waals surface area contributed by atoms with Crippen LogP contribution in [0.2, 0.25) is 0 Å². The summed E-state index contributed by atoms with van der Waals surface area (Å²) in [5.74, 6) is 0.779. The third-order valence-corrected chi connectivity index (χ3v) is 7.28. The lowest BCUT2D eigenvalue weighted by molar-refractivity contribution is 0.590. The van der Waals surface area contributed by atoms with Gasteiger partial charge in [0, 0.05) is 33.5 Å². The van der Waals surface area contributed by atoms with E-state index in [0.29, 0.717) is 22.1 Å². The molecule has 0 aliphatic heterocycles. The molecule has 2 aromatic rings. The Bertz CT molecular complexity index is 969. The van der Waals surface area contributed by atoms with Crippen LogP contribution >= 0.6 is 0 Å². The number of nitrogens with zero attached hydrogens (tertiary/aromatic N) is 1. The van der Waals surface area contributed by atoms with Crippen molar-refractivity contribution in [2.45, 2.75) is 63.2 Å². The van der Waals surface area contributed by atoms with Gasteiger partial charge < -0.3 is 0 Å². The summed E-state index contributed by atoms with van der Waals surface area (Å²) in [6.07, 6.45) is 7.51. The monoisotopic (exact) mass is 355 g/mol. The number of aromatic nitrogens is 1. The van der Waals surface area contributed by atoms with Gasteiger partial charge in [0.25, 0.3) is 0 Å². The molecule has 2 aliphatic carbocycles. The molecule has 25 heavy (non-hydrogen) atoms. The molecule has 2 aliphatic rings. The number of sulfone groups is 1. The lowest BCUT2D eigenvalue weighted by Gasteiger charge is -2.17. The highest BCUT2D eigenvalue weighted by molar-refractivity contribution is 7.95. The minimum absolute atomic E-state index is 0.272. The molecule has 1 aromatic carbocycles. The van der Waals surface area contributed by atoms with Crippen molar-refractivity contribution in [2.75, 3.05) is 0 Å². The molecule has 0 unspecified atom stereocenters. The van der Waals surface area contributed by atoms with Crippen molar-refractivity contribution in [1.82, 2.24) is 4.98 Å². The fourth-order valence-electron chi connectivity index (χ4n) is 3.95. The predicted octanol–water partition coefficient (Wildman–Crippen LogP) is 4.93. The number of benzene rings is 1. The highest BCUT2D eigenvalue weighted by Crippen LogP contribution is 2.43. The lowest BCUT2D eigenvalue weighted by Crippen LogP contribution is -2.10. The first kappa shape index (κ1) is 16.8. The van der Waals surface area contributed by atoms with E-state index in [0.717, 1.165) is 54.1 Å². The van der Waals surface area contributed by atoms with Crippen LogP contribution in [0.15, 0.2) is 34.7 Å². The van der Waals surface area contributed by atoms with Crippen molar-refractivity contribution in [3.05, 3.63) is 46.6 Å². The number of hydrogen-bond acceptors (Lipinski definition) is 3. The average Bonchev–Trinajstić information content (AvgIpc) is 3.30. The summed E-state index contributed by atoms with van der Waals surface area (Å²) in [6.45, 7) is 8.00. The quantitative estimate of drug-likeness (QED) is 0.763. The van der Waals surface area contributed by atoms with E-state index in [4.69, 9.17) is 0 Å². The summed E-state index contributed by atoms with van der Waals surface area (Å²) in [4.78, 5) is 5.46. The van der Waals surface area contributed by atoms with Gasteiger partial charge in [0.2, 0.25) is 9.84 Å². The van der Waals surface area contributed by atoms with Gasteiger partial charge in [-0.2, -0.15) is 0 Å². The molecular weight excluding hydrogens is 330 g/mol. The Kier molecular flexibility index (Phi) is 3.99. The van der Waals surface area contributed by atoms with Crippen LogP contribution in [0.1, 0.15) is 62.3 Å². The van der Waals surface area contributed by atoms with E-state index in [1.807, 2.05) is 26.1 Å².